The number of ether oxygens (including phenoxy) is 2. The maximum absolute atomic E-state index is 6.12. The first kappa shape index (κ1) is 15.3. The minimum atomic E-state index is 0.168. The third kappa shape index (κ3) is 4.44. The van der Waals surface area contributed by atoms with Gasteiger partial charge < -0.3 is 14.8 Å². The van der Waals surface area contributed by atoms with E-state index in [1.54, 1.807) is 0 Å². The van der Waals surface area contributed by atoms with Crippen molar-refractivity contribution in [2.75, 3.05) is 26.9 Å². The van der Waals surface area contributed by atoms with Crippen LogP contribution >= 0.6 is 0 Å². The Balaban J connectivity index is 1.77. The van der Waals surface area contributed by atoms with Gasteiger partial charge in [0.2, 0.25) is 0 Å². The highest BCUT2D eigenvalue weighted by atomic mass is 16.5. The molecule has 2 aliphatic heterocycles. The molecule has 2 rings (SSSR count). The van der Waals surface area contributed by atoms with Crippen molar-refractivity contribution < 1.29 is 9.47 Å². The van der Waals surface area contributed by atoms with Gasteiger partial charge in [0.25, 0.3) is 0 Å². The average molecular weight is 269 g/mol. The summed E-state index contributed by atoms with van der Waals surface area (Å²) >= 11 is 0. The molecule has 2 atom stereocenters. The van der Waals surface area contributed by atoms with Crippen LogP contribution in [0, 0.1) is 5.92 Å². The second-order valence-electron chi connectivity index (χ2n) is 6.35. The molecule has 3 nitrogen and oxygen atoms in total. The summed E-state index contributed by atoms with van der Waals surface area (Å²) in [5.74, 6) is 0.861. The zero-order valence-electron chi connectivity index (χ0n) is 12.7. The van der Waals surface area contributed by atoms with E-state index in [4.69, 9.17) is 9.47 Å². The number of rotatable bonds is 6. The van der Waals surface area contributed by atoms with E-state index in [-0.39, 0.29) is 5.60 Å². The lowest BCUT2D eigenvalue weighted by atomic mass is 9.78. The van der Waals surface area contributed by atoms with Gasteiger partial charge in [-0.3, -0.25) is 0 Å². The predicted octanol–water partition coefficient (Wildman–Crippen LogP) is 3.13. The fraction of sp³-hybridized carbons (Fsp3) is 1.00. The van der Waals surface area contributed by atoms with Gasteiger partial charge in [0.05, 0.1) is 5.60 Å². The van der Waals surface area contributed by atoms with Gasteiger partial charge in [-0.15, -0.1) is 0 Å². The van der Waals surface area contributed by atoms with Crippen molar-refractivity contribution in [2.24, 2.45) is 5.92 Å². The third-order valence-corrected chi connectivity index (χ3v) is 4.97. The average Bonchev–Trinajstić information content (AvgIpc) is 2.44. The van der Waals surface area contributed by atoms with Gasteiger partial charge in [-0.05, 0) is 57.9 Å². The summed E-state index contributed by atoms with van der Waals surface area (Å²) in [7, 11) is 2.10. The molecule has 0 amide bonds. The van der Waals surface area contributed by atoms with Crippen LogP contribution in [0.1, 0.15) is 58.3 Å². The Morgan fingerprint density at radius 2 is 2.00 bits per heavy atom. The van der Waals surface area contributed by atoms with Crippen molar-refractivity contribution in [1.29, 1.82) is 0 Å². The molecule has 2 saturated heterocycles. The van der Waals surface area contributed by atoms with Crippen molar-refractivity contribution in [3.05, 3.63) is 0 Å². The lowest BCUT2D eigenvalue weighted by Crippen LogP contribution is -2.44. The van der Waals surface area contributed by atoms with Crippen LogP contribution in [0.15, 0.2) is 0 Å². The molecule has 1 spiro atoms. The van der Waals surface area contributed by atoms with E-state index >= 15 is 0 Å². The molecule has 0 radical (unpaired) electrons. The molecule has 2 unspecified atom stereocenters. The van der Waals surface area contributed by atoms with E-state index in [0.29, 0.717) is 6.04 Å². The minimum absolute atomic E-state index is 0.168. The second-order valence-corrected chi connectivity index (χ2v) is 6.35. The summed E-state index contributed by atoms with van der Waals surface area (Å²) in [5.41, 5.74) is 0.168. The highest BCUT2D eigenvalue weighted by Gasteiger charge is 2.38. The highest BCUT2D eigenvalue weighted by Crippen LogP contribution is 2.38. The molecule has 1 N–H and O–H groups in total. The van der Waals surface area contributed by atoms with Crippen molar-refractivity contribution in [1.82, 2.24) is 5.32 Å². The van der Waals surface area contributed by atoms with Gasteiger partial charge in [0.15, 0.2) is 0 Å². The number of hydrogen-bond donors (Lipinski definition) is 1. The smallest absolute Gasteiger partial charge is 0.0729 e. The summed E-state index contributed by atoms with van der Waals surface area (Å²) in [5, 5.41) is 3.46. The quantitative estimate of drug-likeness (QED) is 0.803. The van der Waals surface area contributed by atoms with E-state index in [2.05, 4.69) is 19.3 Å². The molecule has 2 aliphatic rings. The van der Waals surface area contributed by atoms with Crippen LogP contribution in [0.3, 0.4) is 0 Å². The van der Waals surface area contributed by atoms with E-state index in [0.717, 1.165) is 38.6 Å². The standard InChI is InChI=1S/C16H31NO2/c1-3-4-15(17-2)6-5-14-7-10-19-16(13-14)8-11-18-12-9-16/h14-15,17H,3-13H2,1-2H3. The van der Waals surface area contributed by atoms with Crippen LogP contribution in [0.2, 0.25) is 0 Å². The van der Waals surface area contributed by atoms with Crippen molar-refractivity contribution in [3.8, 4) is 0 Å². The van der Waals surface area contributed by atoms with Crippen LogP contribution in [0.5, 0.6) is 0 Å². The zero-order chi connectivity index (χ0) is 13.6. The molecule has 0 aromatic rings. The molecule has 112 valence electrons. The van der Waals surface area contributed by atoms with Gasteiger partial charge in [0, 0.05) is 25.9 Å². The molecule has 2 fully saturated rings. The Morgan fingerprint density at radius 1 is 1.21 bits per heavy atom. The Bertz CT molecular complexity index is 246. The lowest BCUT2D eigenvalue weighted by Gasteiger charge is -2.43. The van der Waals surface area contributed by atoms with Crippen LogP contribution in [0.4, 0.5) is 0 Å². The van der Waals surface area contributed by atoms with E-state index in [9.17, 15) is 0 Å². The molecule has 0 aromatic heterocycles. The van der Waals surface area contributed by atoms with Crippen molar-refractivity contribution in [2.45, 2.75) is 69.9 Å². The van der Waals surface area contributed by atoms with Crippen LogP contribution < -0.4 is 5.32 Å². The van der Waals surface area contributed by atoms with E-state index < -0.39 is 0 Å². The first-order valence-electron chi connectivity index (χ1n) is 8.17. The SMILES string of the molecule is CCCC(CCC1CCOC2(CCOCC2)C1)NC. The molecule has 2 heterocycles. The van der Waals surface area contributed by atoms with Gasteiger partial charge in [-0.25, -0.2) is 0 Å². The third-order valence-electron chi connectivity index (χ3n) is 4.97. The van der Waals surface area contributed by atoms with E-state index in [1.165, 1.54) is 38.5 Å². The molecule has 0 saturated carbocycles. The zero-order valence-corrected chi connectivity index (χ0v) is 12.7. The normalized spacial score (nSPS) is 28.4. The fourth-order valence-corrected chi connectivity index (χ4v) is 3.69. The summed E-state index contributed by atoms with van der Waals surface area (Å²) in [6.07, 6.45) is 9.99. The van der Waals surface area contributed by atoms with Crippen LogP contribution in [-0.4, -0.2) is 38.5 Å². The molecule has 19 heavy (non-hydrogen) atoms. The first-order valence-corrected chi connectivity index (χ1v) is 8.17. The lowest BCUT2D eigenvalue weighted by molar-refractivity contribution is -0.147. The van der Waals surface area contributed by atoms with Crippen molar-refractivity contribution in [3.63, 3.8) is 0 Å². The number of hydrogen-bond acceptors (Lipinski definition) is 3. The first-order chi connectivity index (χ1) is 9.28. The van der Waals surface area contributed by atoms with Gasteiger partial charge >= 0.3 is 0 Å². The Hall–Kier alpha value is -0.120. The summed E-state index contributed by atoms with van der Waals surface area (Å²) in [4.78, 5) is 0. The molecular weight excluding hydrogens is 238 g/mol. The van der Waals surface area contributed by atoms with Crippen molar-refractivity contribution >= 4 is 0 Å². The maximum Gasteiger partial charge on any atom is 0.0729 e. The predicted molar refractivity (Wildman–Crippen MR) is 78.4 cm³/mol. The topological polar surface area (TPSA) is 30.5 Å². The minimum Gasteiger partial charge on any atom is -0.381 e. The van der Waals surface area contributed by atoms with Crippen LogP contribution in [-0.2, 0) is 9.47 Å². The summed E-state index contributed by atoms with van der Waals surface area (Å²) in [6, 6.07) is 0.707. The largest absolute Gasteiger partial charge is 0.381 e. The molecular formula is C16H31NO2. The number of nitrogens with one attached hydrogen (secondary N) is 1. The monoisotopic (exact) mass is 269 g/mol. The van der Waals surface area contributed by atoms with Gasteiger partial charge in [0.1, 0.15) is 0 Å². The summed E-state index contributed by atoms with van der Waals surface area (Å²) in [6.45, 7) is 5.02. The van der Waals surface area contributed by atoms with Crippen LogP contribution in [0.25, 0.3) is 0 Å². The highest BCUT2D eigenvalue weighted by molar-refractivity contribution is 4.89. The fourth-order valence-electron chi connectivity index (χ4n) is 3.69. The van der Waals surface area contributed by atoms with Gasteiger partial charge in [-0.1, -0.05) is 13.3 Å². The molecule has 0 aromatic carbocycles. The van der Waals surface area contributed by atoms with Gasteiger partial charge in [-0.2, -0.15) is 0 Å². The maximum atomic E-state index is 6.12. The molecule has 3 heteroatoms. The second kappa shape index (κ2) is 7.61. The van der Waals surface area contributed by atoms with E-state index in [1.807, 2.05) is 0 Å². The Kier molecular flexibility index (Phi) is 6.11. The molecule has 0 bridgehead atoms. The Labute approximate surface area is 118 Å². The molecule has 0 aliphatic carbocycles. The Morgan fingerprint density at radius 3 is 2.68 bits per heavy atom. The summed E-state index contributed by atoms with van der Waals surface area (Å²) < 4.78 is 11.6.